The number of benzene rings is 3. The monoisotopic (exact) mass is 541 g/mol. The summed E-state index contributed by atoms with van der Waals surface area (Å²) >= 11 is 0. The lowest BCUT2D eigenvalue weighted by Crippen LogP contribution is -2.44. The van der Waals surface area contributed by atoms with E-state index < -0.39 is 24.1 Å². The molecule has 2 aliphatic heterocycles. The van der Waals surface area contributed by atoms with Crippen LogP contribution in [-0.4, -0.2) is 38.4 Å². The number of alkyl halides is 3. The summed E-state index contributed by atoms with van der Waals surface area (Å²) in [6, 6.07) is 13.8. The zero-order valence-corrected chi connectivity index (χ0v) is 21.2. The summed E-state index contributed by atoms with van der Waals surface area (Å²) in [7, 11) is 1.28. The summed E-state index contributed by atoms with van der Waals surface area (Å²) in [6.45, 7) is 1.89. The van der Waals surface area contributed by atoms with Crippen molar-refractivity contribution in [1.29, 1.82) is 0 Å². The fraction of sp³-hybridized carbons (Fsp3) is 0.286. The third-order valence-electron chi connectivity index (χ3n) is 6.84. The van der Waals surface area contributed by atoms with Crippen molar-refractivity contribution in [3.8, 4) is 11.5 Å². The van der Waals surface area contributed by atoms with E-state index in [0.29, 0.717) is 44.6 Å². The molecule has 2 heterocycles. The molecule has 2 atom stereocenters. The Labute approximate surface area is 222 Å². The number of esters is 1. The average Bonchev–Trinajstić information content (AvgIpc) is 3.50. The minimum absolute atomic E-state index is 0.00242. The summed E-state index contributed by atoms with van der Waals surface area (Å²) in [4.78, 5) is 25.2. The van der Waals surface area contributed by atoms with Crippen LogP contribution in [0.15, 0.2) is 54.6 Å². The number of nitrogen functional groups attached to an aromatic ring is 1. The van der Waals surface area contributed by atoms with Gasteiger partial charge in [0.05, 0.1) is 43.2 Å². The molecule has 2 aliphatic rings. The standard InChI is InChI=1S/C28H26F3N3O5/c1-15-6-9-21(20(32)10-15)33-22-5-3-4-19-23(14-39-26(19)22)34(27(36)28(29,30)31)17-7-8-18-16(11-25(35)37-2)13-38-24(18)12-17/h3-10,12,16,23,33H,11,13-14,32H2,1-2H3/t16-,23?/m1/s1. The number of nitrogens with two attached hydrogens (primary N) is 1. The first-order chi connectivity index (χ1) is 18.6. The zero-order valence-electron chi connectivity index (χ0n) is 21.2. The number of para-hydroxylation sites is 1. The van der Waals surface area contributed by atoms with Crippen molar-refractivity contribution in [1.82, 2.24) is 0 Å². The lowest BCUT2D eigenvalue weighted by molar-refractivity contribution is -0.171. The molecular weight excluding hydrogens is 515 g/mol. The summed E-state index contributed by atoms with van der Waals surface area (Å²) in [5, 5.41) is 3.18. The minimum atomic E-state index is -5.14. The van der Waals surface area contributed by atoms with Crippen LogP contribution in [0.5, 0.6) is 11.5 Å². The van der Waals surface area contributed by atoms with Gasteiger partial charge in [0.2, 0.25) is 0 Å². The van der Waals surface area contributed by atoms with Crippen molar-refractivity contribution in [2.75, 3.05) is 36.3 Å². The number of aryl methyl sites for hydroxylation is 1. The summed E-state index contributed by atoms with van der Waals surface area (Å²) in [6.07, 6.45) is -5.07. The molecule has 0 aromatic heterocycles. The van der Waals surface area contributed by atoms with Crippen LogP contribution in [0.2, 0.25) is 0 Å². The second-order valence-corrected chi connectivity index (χ2v) is 9.45. The zero-order chi connectivity index (χ0) is 27.9. The first-order valence-corrected chi connectivity index (χ1v) is 12.2. The number of nitrogens with zero attached hydrogens (tertiary/aromatic N) is 1. The van der Waals surface area contributed by atoms with Gasteiger partial charge in [-0.15, -0.1) is 0 Å². The second-order valence-electron chi connectivity index (χ2n) is 9.45. The highest BCUT2D eigenvalue weighted by atomic mass is 19.4. The van der Waals surface area contributed by atoms with Crippen molar-refractivity contribution < 1.29 is 37.0 Å². The Hall–Kier alpha value is -4.41. The Kier molecular flexibility index (Phi) is 6.75. The van der Waals surface area contributed by atoms with E-state index in [4.69, 9.17) is 19.9 Å². The van der Waals surface area contributed by atoms with E-state index in [1.54, 1.807) is 36.4 Å². The smallest absolute Gasteiger partial charge is 0.471 e. The van der Waals surface area contributed by atoms with E-state index in [1.807, 2.05) is 13.0 Å². The largest absolute Gasteiger partial charge is 0.493 e. The predicted molar refractivity (Wildman–Crippen MR) is 138 cm³/mol. The summed E-state index contributed by atoms with van der Waals surface area (Å²) < 4.78 is 57.8. The Balaban J connectivity index is 1.50. The molecular formula is C28H26F3N3O5. The number of hydrogen-bond donors (Lipinski definition) is 2. The van der Waals surface area contributed by atoms with Gasteiger partial charge in [-0.1, -0.05) is 24.3 Å². The van der Waals surface area contributed by atoms with Gasteiger partial charge in [-0.2, -0.15) is 13.2 Å². The lowest BCUT2D eigenvalue weighted by atomic mass is 9.97. The highest BCUT2D eigenvalue weighted by molar-refractivity contribution is 5.98. The maximum absolute atomic E-state index is 13.8. The van der Waals surface area contributed by atoms with E-state index in [0.717, 1.165) is 5.56 Å². The van der Waals surface area contributed by atoms with Crippen LogP contribution in [0.3, 0.4) is 0 Å². The Morgan fingerprint density at radius 2 is 1.85 bits per heavy atom. The highest BCUT2D eigenvalue weighted by Gasteiger charge is 2.48. The maximum Gasteiger partial charge on any atom is 0.471 e. The highest BCUT2D eigenvalue weighted by Crippen LogP contribution is 2.47. The molecule has 11 heteroatoms. The van der Waals surface area contributed by atoms with Crippen molar-refractivity contribution in [2.45, 2.75) is 31.5 Å². The second kappa shape index (κ2) is 10.0. The number of hydrogen-bond acceptors (Lipinski definition) is 7. The van der Waals surface area contributed by atoms with Gasteiger partial charge in [-0.05, 0) is 36.8 Å². The third-order valence-corrected chi connectivity index (χ3v) is 6.84. The van der Waals surface area contributed by atoms with Crippen molar-refractivity contribution in [2.24, 2.45) is 0 Å². The maximum atomic E-state index is 13.8. The van der Waals surface area contributed by atoms with Crippen LogP contribution < -0.4 is 25.4 Å². The number of halogens is 3. The molecule has 3 N–H and O–H groups in total. The molecule has 0 fully saturated rings. The number of ether oxygens (including phenoxy) is 3. The molecule has 39 heavy (non-hydrogen) atoms. The number of nitrogens with one attached hydrogen (secondary N) is 1. The van der Waals surface area contributed by atoms with Gasteiger partial charge in [0.1, 0.15) is 18.1 Å². The number of carbonyl (C=O) groups is 2. The molecule has 3 aromatic carbocycles. The lowest BCUT2D eigenvalue weighted by Gasteiger charge is -2.29. The Morgan fingerprint density at radius 3 is 2.56 bits per heavy atom. The van der Waals surface area contributed by atoms with E-state index in [2.05, 4.69) is 5.32 Å². The van der Waals surface area contributed by atoms with Crippen LogP contribution in [-0.2, 0) is 14.3 Å². The van der Waals surface area contributed by atoms with E-state index in [9.17, 15) is 22.8 Å². The number of fused-ring (bicyclic) bond motifs is 2. The summed E-state index contributed by atoms with van der Waals surface area (Å²) in [5.41, 5.74) is 9.79. The number of methoxy groups -OCH3 is 1. The first kappa shape index (κ1) is 26.2. The number of carbonyl (C=O) groups excluding carboxylic acids is 2. The topological polar surface area (TPSA) is 103 Å². The van der Waals surface area contributed by atoms with Gasteiger partial charge in [-0.25, -0.2) is 0 Å². The van der Waals surface area contributed by atoms with Gasteiger partial charge < -0.3 is 25.3 Å². The quantitative estimate of drug-likeness (QED) is 0.319. The molecule has 8 nitrogen and oxygen atoms in total. The molecule has 0 aliphatic carbocycles. The average molecular weight is 542 g/mol. The van der Waals surface area contributed by atoms with Gasteiger partial charge in [0.25, 0.3) is 0 Å². The van der Waals surface area contributed by atoms with Gasteiger partial charge in [-0.3, -0.25) is 14.5 Å². The molecule has 1 unspecified atom stereocenters. The SMILES string of the molecule is COC(=O)C[C@@H]1COc2cc(N(C(=O)C(F)(F)F)C3COc4c(Nc5ccc(C)cc5N)cccc43)ccc21. The number of rotatable bonds is 6. The molecule has 204 valence electrons. The molecule has 3 aromatic rings. The molecule has 0 saturated carbocycles. The van der Waals surface area contributed by atoms with Gasteiger partial charge in [0, 0.05) is 28.8 Å². The molecule has 0 saturated heterocycles. The van der Waals surface area contributed by atoms with Gasteiger partial charge >= 0.3 is 18.1 Å². The number of amides is 1. The van der Waals surface area contributed by atoms with E-state index in [-0.39, 0.29) is 31.2 Å². The van der Waals surface area contributed by atoms with Crippen LogP contribution in [0.4, 0.5) is 35.9 Å². The molecule has 1 amide bonds. The first-order valence-electron chi connectivity index (χ1n) is 12.2. The molecule has 0 bridgehead atoms. The predicted octanol–water partition coefficient (Wildman–Crippen LogP) is 5.39. The fourth-order valence-electron chi connectivity index (χ4n) is 4.93. The van der Waals surface area contributed by atoms with Crippen molar-refractivity contribution in [3.63, 3.8) is 0 Å². The minimum Gasteiger partial charge on any atom is -0.493 e. The summed E-state index contributed by atoms with van der Waals surface area (Å²) in [5.74, 6) is -2.12. The Bertz CT molecular complexity index is 1440. The van der Waals surface area contributed by atoms with Crippen LogP contribution >= 0.6 is 0 Å². The third kappa shape index (κ3) is 5.04. The van der Waals surface area contributed by atoms with Crippen LogP contribution in [0.25, 0.3) is 0 Å². The normalized spacial score (nSPS) is 17.5. The van der Waals surface area contributed by atoms with Crippen molar-refractivity contribution >= 4 is 34.6 Å². The van der Waals surface area contributed by atoms with E-state index >= 15 is 0 Å². The molecule has 5 rings (SSSR count). The number of anilines is 4. The molecule has 0 spiro atoms. The van der Waals surface area contributed by atoms with Crippen molar-refractivity contribution in [3.05, 3.63) is 71.3 Å². The molecule has 0 radical (unpaired) electrons. The Morgan fingerprint density at radius 1 is 1.05 bits per heavy atom. The van der Waals surface area contributed by atoms with E-state index in [1.165, 1.54) is 19.2 Å². The van der Waals surface area contributed by atoms with Crippen LogP contribution in [0.1, 0.15) is 35.1 Å². The van der Waals surface area contributed by atoms with Crippen LogP contribution in [0, 0.1) is 6.92 Å². The van der Waals surface area contributed by atoms with Gasteiger partial charge in [0.15, 0.2) is 0 Å². The fourth-order valence-corrected chi connectivity index (χ4v) is 4.93.